The van der Waals surface area contributed by atoms with Gasteiger partial charge in [-0.05, 0) is 0 Å². The van der Waals surface area contributed by atoms with Gasteiger partial charge in [0.05, 0.1) is 0 Å². The summed E-state index contributed by atoms with van der Waals surface area (Å²) in [5, 5.41) is 0. The molecule has 0 saturated carbocycles. The van der Waals surface area contributed by atoms with Crippen LogP contribution in [-0.2, 0) is 9.60 Å². The van der Waals surface area contributed by atoms with Crippen molar-refractivity contribution in [2.45, 2.75) is 0 Å². The van der Waals surface area contributed by atoms with E-state index >= 15 is 0 Å². The van der Waals surface area contributed by atoms with Gasteiger partial charge < -0.3 is 4.55 Å². The van der Waals surface area contributed by atoms with Gasteiger partial charge in [0.15, 0.2) is 31.0 Å². The maximum absolute atomic E-state index is 9.09. The molecule has 0 spiro atoms. The molecule has 0 saturated heterocycles. The van der Waals surface area contributed by atoms with E-state index in [1.54, 1.807) is 0 Å². The lowest BCUT2D eigenvalue weighted by atomic mass is 14.0. The second-order valence-electron chi connectivity index (χ2n) is 0.184. The molecule has 0 aromatic carbocycles. The molecule has 3 radical (unpaired) electrons. The van der Waals surface area contributed by atoms with E-state index in [0.29, 0.717) is 0 Å². The standard InChI is InChI=1S/Cl2OS.N/c1-4(2)3;. The van der Waals surface area contributed by atoms with Crippen LogP contribution in [-0.4, -0.2) is 4.55 Å². The van der Waals surface area contributed by atoms with Crippen molar-refractivity contribution in [1.82, 2.24) is 6.15 Å². The van der Waals surface area contributed by atoms with Crippen LogP contribution >= 0.6 is 21.4 Å². The lowest BCUT2D eigenvalue weighted by Crippen LogP contribution is -1.63. The molecule has 0 fully saturated rings. The molecule has 0 bridgehead atoms. The lowest BCUT2D eigenvalue weighted by molar-refractivity contribution is 0.620. The number of halogens is 2. The van der Waals surface area contributed by atoms with Crippen LogP contribution in [0.2, 0.25) is 0 Å². The van der Waals surface area contributed by atoms with E-state index in [1.807, 2.05) is 0 Å². The molecule has 2 nitrogen and oxygen atoms in total. The average molecular weight is 133 g/mol. The van der Waals surface area contributed by atoms with E-state index in [4.69, 9.17) is 4.55 Å². The number of hydrogen-bond acceptors (Lipinski definition) is 1. The molecule has 0 aromatic rings. The van der Waals surface area contributed by atoms with Gasteiger partial charge in [0, 0.05) is 6.15 Å². The highest BCUT2D eigenvalue weighted by Crippen LogP contribution is 1.98. The highest BCUT2D eigenvalue weighted by molar-refractivity contribution is 8.31. The van der Waals surface area contributed by atoms with Gasteiger partial charge in [0.2, 0.25) is 0 Å². The predicted octanol–water partition coefficient (Wildman–Crippen LogP) is 0.562. The average Bonchev–Trinajstić information content (AvgIpc) is 0.811. The summed E-state index contributed by atoms with van der Waals surface area (Å²) in [5.74, 6) is 0. The van der Waals surface area contributed by atoms with E-state index in [1.165, 1.54) is 0 Å². The third-order valence-corrected chi connectivity index (χ3v) is 0. The predicted molar refractivity (Wildman–Crippen MR) is 22.0 cm³/mol. The van der Waals surface area contributed by atoms with E-state index < -0.39 is 9.60 Å². The summed E-state index contributed by atoms with van der Waals surface area (Å²) in [6.07, 6.45) is 0. The first-order valence-corrected chi connectivity index (χ1v) is 3.28. The largest absolute Gasteiger partial charge is 0.582 e. The van der Waals surface area contributed by atoms with Crippen LogP contribution in [0.15, 0.2) is 0 Å². The number of hydrogen-bond donors (Lipinski definition) is 0. The Kier molecular flexibility index (Phi) is 9.01. The van der Waals surface area contributed by atoms with Crippen molar-refractivity contribution in [3.05, 3.63) is 0 Å². The fourth-order valence-electron chi connectivity index (χ4n) is 0. The van der Waals surface area contributed by atoms with Gasteiger partial charge in [0.25, 0.3) is 0 Å². The van der Waals surface area contributed by atoms with E-state index in [-0.39, 0.29) is 6.15 Å². The Morgan fingerprint density at radius 3 is 1.40 bits per heavy atom. The van der Waals surface area contributed by atoms with Crippen molar-refractivity contribution in [2.75, 3.05) is 0 Å². The third-order valence-electron chi connectivity index (χ3n) is 0. The minimum absolute atomic E-state index is 0. The van der Waals surface area contributed by atoms with Crippen LogP contribution in [0.4, 0.5) is 0 Å². The SMILES string of the molecule is [N].[O-][S+](Cl)Cl. The zero-order valence-corrected chi connectivity index (χ0v) is 4.35. The molecule has 0 heterocycles. The molecule has 0 aliphatic carbocycles. The molecule has 0 aromatic heterocycles. The summed E-state index contributed by atoms with van der Waals surface area (Å²) < 4.78 is 9.09. The fourth-order valence-corrected chi connectivity index (χ4v) is 0. The first kappa shape index (κ1) is 9.28. The zero-order chi connectivity index (χ0) is 3.58. The molecule has 5 heavy (non-hydrogen) atoms. The molecule has 0 aliphatic rings. The van der Waals surface area contributed by atoms with Crippen LogP contribution in [0.25, 0.3) is 0 Å². The lowest BCUT2D eigenvalue weighted by Gasteiger charge is -1.73. The van der Waals surface area contributed by atoms with Gasteiger partial charge in [0.1, 0.15) is 0 Å². The summed E-state index contributed by atoms with van der Waals surface area (Å²) in [5.41, 5.74) is 0. The van der Waals surface area contributed by atoms with Crippen LogP contribution in [0.3, 0.4) is 0 Å². The normalized spacial score (nSPS) is 7.20. The molecule has 0 rings (SSSR count). The van der Waals surface area contributed by atoms with Crippen molar-refractivity contribution in [3.8, 4) is 0 Å². The van der Waals surface area contributed by atoms with Gasteiger partial charge in [-0.1, -0.05) is 0 Å². The first-order chi connectivity index (χ1) is 1.73. The second kappa shape index (κ2) is 4.85. The molecule has 0 N–H and O–H groups in total. The minimum atomic E-state index is -1.67. The van der Waals surface area contributed by atoms with E-state index in [9.17, 15) is 0 Å². The van der Waals surface area contributed by atoms with Gasteiger partial charge in [-0.2, -0.15) is 0 Å². The monoisotopic (exact) mass is 132 g/mol. The summed E-state index contributed by atoms with van der Waals surface area (Å²) >= 11 is 0. The summed E-state index contributed by atoms with van der Waals surface area (Å²) in [6.45, 7) is 0. The van der Waals surface area contributed by atoms with E-state index in [2.05, 4.69) is 21.4 Å². The Hall–Kier alpha value is 0.850. The van der Waals surface area contributed by atoms with Crippen LogP contribution < -0.4 is 6.15 Å². The van der Waals surface area contributed by atoms with Crippen molar-refractivity contribution < 1.29 is 4.55 Å². The second-order valence-corrected chi connectivity index (χ2v) is 2.71. The third kappa shape index (κ3) is 54.5. The maximum atomic E-state index is 9.09. The topological polar surface area (TPSA) is 53.6 Å². The Labute approximate surface area is 42.2 Å². The molecule has 5 heteroatoms. The zero-order valence-electron chi connectivity index (χ0n) is 2.02. The molecular weight excluding hydrogens is 133 g/mol. The highest BCUT2D eigenvalue weighted by Gasteiger charge is 1.83. The van der Waals surface area contributed by atoms with Crippen LogP contribution in [0.5, 0.6) is 0 Å². The molecule has 0 atom stereocenters. The molecular formula is Cl2NOS. The molecule has 0 amide bonds. The van der Waals surface area contributed by atoms with E-state index in [0.717, 1.165) is 0 Å². The summed E-state index contributed by atoms with van der Waals surface area (Å²) in [6, 6.07) is 0. The van der Waals surface area contributed by atoms with Crippen molar-refractivity contribution in [3.63, 3.8) is 0 Å². The summed E-state index contributed by atoms with van der Waals surface area (Å²) in [7, 11) is 7.36. The Bertz CT molecular complexity index is 14.4. The first-order valence-electron chi connectivity index (χ1n) is 0.475. The van der Waals surface area contributed by atoms with Gasteiger partial charge in [-0.25, -0.2) is 0 Å². The van der Waals surface area contributed by atoms with Crippen molar-refractivity contribution >= 4 is 31.0 Å². The number of rotatable bonds is 0. The van der Waals surface area contributed by atoms with Crippen molar-refractivity contribution in [1.29, 1.82) is 0 Å². The molecule has 31 valence electrons. The van der Waals surface area contributed by atoms with Gasteiger partial charge in [-0.3, -0.25) is 0 Å². The maximum Gasteiger partial charge on any atom is 0.198 e. The quantitative estimate of drug-likeness (QED) is 0.445. The minimum Gasteiger partial charge on any atom is -0.582 e. The number of nitrogens with zero attached hydrogens (tertiary/aromatic N) is 1. The Morgan fingerprint density at radius 2 is 1.40 bits per heavy atom. The fraction of sp³-hybridized carbons (Fsp3) is 0. The van der Waals surface area contributed by atoms with Gasteiger partial charge >= 0.3 is 0 Å². The Morgan fingerprint density at radius 1 is 1.40 bits per heavy atom. The molecule has 0 aliphatic heterocycles. The van der Waals surface area contributed by atoms with Gasteiger partial charge in [-0.15, -0.1) is 0 Å². The van der Waals surface area contributed by atoms with Crippen LogP contribution in [0.1, 0.15) is 0 Å². The van der Waals surface area contributed by atoms with Crippen LogP contribution in [0, 0.1) is 0 Å². The molecule has 0 unspecified atom stereocenters. The smallest absolute Gasteiger partial charge is 0.198 e. The highest BCUT2D eigenvalue weighted by atomic mass is 36.0. The summed E-state index contributed by atoms with van der Waals surface area (Å²) in [4.78, 5) is 0. The Balaban J connectivity index is 0. The van der Waals surface area contributed by atoms with Crippen molar-refractivity contribution in [2.24, 2.45) is 0 Å².